The summed E-state index contributed by atoms with van der Waals surface area (Å²) < 4.78 is 5.37. The van der Waals surface area contributed by atoms with Crippen LogP contribution in [0.1, 0.15) is 93.9 Å². The third kappa shape index (κ3) is 15.5. The second-order valence-electron chi connectivity index (χ2n) is 10.5. The van der Waals surface area contributed by atoms with Crippen molar-refractivity contribution in [2.24, 2.45) is 10.9 Å². The molecule has 1 aliphatic carbocycles. The topological polar surface area (TPSA) is 66.0 Å². The maximum absolute atomic E-state index is 12.0. The molecule has 6 nitrogen and oxygen atoms in total. The molecular weight excluding hydrogens is 448 g/mol. The zero-order valence-corrected chi connectivity index (χ0v) is 24.2. The molecule has 6 heteroatoms. The molecule has 1 amide bonds. The van der Waals surface area contributed by atoms with Crippen LogP contribution in [0.5, 0.6) is 0 Å². The molecule has 2 N–H and O–H groups in total. The number of carbonyl (C=O) groups is 1. The lowest BCUT2D eigenvalue weighted by atomic mass is 9.95. The van der Waals surface area contributed by atoms with Gasteiger partial charge >= 0.3 is 6.09 Å². The number of terminal acetylenes is 1. The molecule has 0 bridgehead atoms. The molecule has 1 saturated heterocycles. The number of hydrogen-bond acceptors (Lipinski definition) is 5. The number of amides is 1. The predicted molar refractivity (Wildman–Crippen MR) is 155 cm³/mol. The fourth-order valence-corrected chi connectivity index (χ4v) is 4.01. The van der Waals surface area contributed by atoms with Crippen molar-refractivity contribution in [2.75, 3.05) is 19.6 Å². The third-order valence-corrected chi connectivity index (χ3v) is 5.18. The summed E-state index contributed by atoms with van der Waals surface area (Å²) in [6.45, 7) is 23.0. The third-order valence-electron chi connectivity index (χ3n) is 5.18. The van der Waals surface area contributed by atoms with Crippen molar-refractivity contribution in [1.29, 1.82) is 0 Å². The SMILES string of the molecule is C#CC=NC1=C(NC=C)CC(CN2CCC(NC(=O)OC(C)(C)C)CC2)CC(C)=C1.CCC.CCC. The van der Waals surface area contributed by atoms with Gasteiger partial charge in [0, 0.05) is 31.4 Å². The van der Waals surface area contributed by atoms with Crippen LogP contribution in [0.4, 0.5) is 4.79 Å². The molecule has 0 aromatic heterocycles. The standard InChI is InChI=1S/C24H36N4O2.2C3H8/c1-7-11-26-21-15-18(3)14-19(16-22(21)25-8-2)17-28-12-9-20(10-13-28)27-23(29)30-24(4,5)6;2*1-3-2/h1,8,11,15,19-20,25H,2,9-10,12-14,16-17H2,3-6H3,(H,27,29);2*3H2,1-2H3. The second kappa shape index (κ2) is 18.7. The molecule has 2 aliphatic rings. The largest absolute Gasteiger partial charge is 0.444 e. The number of ether oxygens (including phenoxy) is 1. The number of hydrogen-bond donors (Lipinski definition) is 2. The van der Waals surface area contributed by atoms with Gasteiger partial charge < -0.3 is 20.3 Å². The van der Waals surface area contributed by atoms with E-state index in [4.69, 9.17) is 11.2 Å². The fourth-order valence-electron chi connectivity index (χ4n) is 4.01. The van der Waals surface area contributed by atoms with E-state index in [2.05, 4.69) is 73.7 Å². The van der Waals surface area contributed by atoms with E-state index in [1.165, 1.54) is 24.6 Å². The molecule has 1 heterocycles. The van der Waals surface area contributed by atoms with Crippen LogP contribution >= 0.6 is 0 Å². The van der Waals surface area contributed by atoms with Gasteiger partial charge in [0.15, 0.2) is 0 Å². The smallest absolute Gasteiger partial charge is 0.407 e. The predicted octanol–water partition coefficient (Wildman–Crippen LogP) is 6.81. The summed E-state index contributed by atoms with van der Waals surface area (Å²) >= 11 is 0. The molecule has 1 unspecified atom stereocenters. The van der Waals surface area contributed by atoms with Crippen LogP contribution in [0.3, 0.4) is 0 Å². The van der Waals surface area contributed by atoms with Crippen LogP contribution in [0.2, 0.25) is 0 Å². The van der Waals surface area contributed by atoms with E-state index in [1.54, 1.807) is 6.20 Å². The minimum absolute atomic E-state index is 0.175. The first-order chi connectivity index (χ1) is 17.0. The lowest BCUT2D eigenvalue weighted by Crippen LogP contribution is -2.47. The van der Waals surface area contributed by atoms with Gasteiger partial charge in [-0.25, -0.2) is 9.79 Å². The Balaban J connectivity index is 0.00000185. The molecule has 204 valence electrons. The zero-order chi connectivity index (χ0) is 27.6. The molecule has 36 heavy (non-hydrogen) atoms. The van der Waals surface area contributed by atoms with Crippen LogP contribution in [-0.2, 0) is 4.74 Å². The molecular formula is C30H52N4O2. The fraction of sp³-hybridized carbons (Fsp3) is 0.667. The number of alkyl carbamates (subject to hydrolysis) is 1. The summed E-state index contributed by atoms with van der Waals surface area (Å²) in [5, 5.41) is 6.26. The van der Waals surface area contributed by atoms with Gasteiger partial charge in [-0.3, -0.25) is 0 Å². The van der Waals surface area contributed by atoms with Gasteiger partial charge in [0.2, 0.25) is 0 Å². The lowest BCUT2D eigenvalue weighted by Gasteiger charge is -2.35. The Bertz CT molecular complexity index is 774. The van der Waals surface area contributed by atoms with Gasteiger partial charge in [-0.05, 0) is 71.6 Å². The van der Waals surface area contributed by atoms with Gasteiger partial charge in [0.25, 0.3) is 0 Å². The summed E-state index contributed by atoms with van der Waals surface area (Å²) in [6, 6.07) is 0.175. The maximum atomic E-state index is 12.0. The molecule has 0 aromatic rings. The number of allylic oxidation sites excluding steroid dienone is 3. The Kier molecular flexibility index (Phi) is 17.4. The first-order valence-electron chi connectivity index (χ1n) is 13.5. The average Bonchev–Trinajstić information content (AvgIpc) is 2.91. The summed E-state index contributed by atoms with van der Waals surface area (Å²) in [7, 11) is 0. The Morgan fingerprint density at radius 3 is 2.31 bits per heavy atom. The molecule has 0 spiro atoms. The molecule has 1 fully saturated rings. The van der Waals surface area contributed by atoms with E-state index in [-0.39, 0.29) is 12.1 Å². The monoisotopic (exact) mass is 500 g/mol. The number of aliphatic imine (C=N–C) groups is 1. The Hall–Kier alpha value is -2.52. The zero-order valence-electron chi connectivity index (χ0n) is 24.2. The van der Waals surface area contributed by atoms with Gasteiger partial charge in [0.1, 0.15) is 5.60 Å². The first-order valence-corrected chi connectivity index (χ1v) is 13.5. The van der Waals surface area contributed by atoms with E-state index in [1.807, 2.05) is 20.8 Å². The lowest BCUT2D eigenvalue weighted by molar-refractivity contribution is 0.0475. The highest BCUT2D eigenvalue weighted by Crippen LogP contribution is 2.28. The van der Waals surface area contributed by atoms with Crippen molar-refractivity contribution in [2.45, 2.75) is 106 Å². The quantitative estimate of drug-likeness (QED) is 0.310. The molecule has 0 radical (unpaired) electrons. The number of nitrogens with zero attached hydrogens (tertiary/aromatic N) is 2. The Morgan fingerprint density at radius 1 is 1.22 bits per heavy atom. The number of carbonyl (C=O) groups excluding carboxylic acids is 1. The molecule has 2 rings (SSSR count). The summed E-state index contributed by atoms with van der Waals surface area (Å²) in [6.07, 6.45) is 16.6. The van der Waals surface area contributed by atoms with Gasteiger partial charge in [-0.1, -0.05) is 58.6 Å². The normalized spacial score (nSPS) is 19.0. The Labute approximate surface area is 221 Å². The van der Waals surface area contributed by atoms with E-state index in [9.17, 15) is 4.79 Å². The van der Waals surface area contributed by atoms with Crippen molar-refractivity contribution in [3.05, 3.63) is 35.8 Å². The van der Waals surface area contributed by atoms with Crippen molar-refractivity contribution in [3.63, 3.8) is 0 Å². The Morgan fingerprint density at radius 2 is 1.81 bits per heavy atom. The highest BCUT2D eigenvalue weighted by Gasteiger charge is 2.26. The van der Waals surface area contributed by atoms with Crippen LogP contribution in [0.15, 0.2) is 40.8 Å². The average molecular weight is 501 g/mol. The van der Waals surface area contributed by atoms with E-state index in [0.29, 0.717) is 5.92 Å². The summed E-state index contributed by atoms with van der Waals surface area (Å²) in [4.78, 5) is 18.9. The van der Waals surface area contributed by atoms with Gasteiger partial charge in [-0.15, -0.1) is 6.42 Å². The van der Waals surface area contributed by atoms with Crippen molar-refractivity contribution in [1.82, 2.24) is 15.5 Å². The minimum atomic E-state index is -0.469. The summed E-state index contributed by atoms with van der Waals surface area (Å²) in [5.41, 5.74) is 2.77. The number of piperidine rings is 1. The molecule has 0 aromatic carbocycles. The van der Waals surface area contributed by atoms with E-state index < -0.39 is 5.60 Å². The minimum Gasteiger partial charge on any atom is -0.444 e. The molecule has 1 aliphatic heterocycles. The number of nitrogens with one attached hydrogen (secondary N) is 2. The van der Waals surface area contributed by atoms with Gasteiger partial charge in [-0.2, -0.15) is 0 Å². The van der Waals surface area contributed by atoms with Crippen LogP contribution < -0.4 is 10.6 Å². The highest BCUT2D eigenvalue weighted by molar-refractivity contribution is 5.78. The molecule has 1 atom stereocenters. The first kappa shape index (κ1) is 33.5. The van der Waals surface area contributed by atoms with Crippen molar-refractivity contribution >= 4 is 12.3 Å². The van der Waals surface area contributed by atoms with Crippen molar-refractivity contribution < 1.29 is 9.53 Å². The van der Waals surface area contributed by atoms with Crippen LogP contribution in [0.25, 0.3) is 0 Å². The number of likely N-dealkylation sites (tertiary alicyclic amines) is 1. The van der Waals surface area contributed by atoms with E-state index in [0.717, 1.165) is 56.7 Å². The highest BCUT2D eigenvalue weighted by atomic mass is 16.6. The van der Waals surface area contributed by atoms with E-state index >= 15 is 0 Å². The summed E-state index contributed by atoms with van der Waals surface area (Å²) in [5.74, 6) is 2.95. The number of rotatable bonds is 6. The second-order valence-corrected chi connectivity index (χ2v) is 10.5. The van der Waals surface area contributed by atoms with Gasteiger partial charge in [0.05, 0.1) is 11.9 Å². The molecule has 0 saturated carbocycles. The maximum Gasteiger partial charge on any atom is 0.407 e. The van der Waals surface area contributed by atoms with Crippen LogP contribution in [0, 0.1) is 18.3 Å². The van der Waals surface area contributed by atoms with Crippen LogP contribution in [-0.4, -0.2) is 48.5 Å². The van der Waals surface area contributed by atoms with Crippen molar-refractivity contribution in [3.8, 4) is 12.3 Å².